The molecule has 0 saturated heterocycles. The van der Waals surface area contributed by atoms with Gasteiger partial charge in [0.25, 0.3) is 0 Å². The molecule has 3 N–H and O–H groups in total. The van der Waals surface area contributed by atoms with E-state index in [1.807, 2.05) is 18.2 Å². The number of fused-ring (bicyclic) bond motifs is 1. The molecule has 1 unspecified atom stereocenters. The van der Waals surface area contributed by atoms with E-state index in [0.29, 0.717) is 11.6 Å². The summed E-state index contributed by atoms with van der Waals surface area (Å²) in [5.74, 6) is 0.302. The van der Waals surface area contributed by atoms with Crippen LogP contribution in [0.15, 0.2) is 58.6 Å². The summed E-state index contributed by atoms with van der Waals surface area (Å²) in [4.78, 5) is 24.5. The van der Waals surface area contributed by atoms with Crippen LogP contribution in [0.3, 0.4) is 0 Å². The number of nitrogens with zero attached hydrogens (tertiary/aromatic N) is 2. The van der Waals surface area contributed by atoms with Crippen LogP contribution in [0, 0.1) is 5.92 Å². The van der Waals surface area contributed by atoms with Gasteiger partial charge in [0.1, 0.15) is 6.17 Å². The van der Waals surface area contributed by atoms with Crippen LogP contribution in [0.4, 0.5) is 29.3 Å². The van der Waals surface area contributed by atoms with Crippen LogP contribution in [-0.4, -0.2) is 29.1 Å². The van der Waals surface area contributed by atoms with Crippen molar-refractivity contribution in [3.8, 4) is 0 Å². The first-order valence-electron chi connectivity index (χ1n) is 9.68. The van der Waals surface area contributed by atoms with Gasteiger partial charge in [0.15, 0.2) is 0 Å². The van der Waals surface area contributed by atoms with Crippen molar-refractivity contribution in [1.29, 1.82) is 0 Å². The number of aromatic nitrogens is 1. The lowest BCUT2D eigenvalue weighted by Crippen LogP contribution is -2.19. The molecule has 4 rings (SSSR count). The largest absolute Gasteiger partial charge is 0.416 e. The lowest BCUT2D eigenvalue weighted by atomic mass is 10.1. The van der Waals surface area contributed by atoms with Crippen molar-refractivity contribution in [2.75, 3.05) is 10.6 Å². The Balaban J connectivity index is 1.50. The minimum atomic E-state index is -4.42. The molecule has 160 valence electrons. The highest BCUT2D eigenvalue weighted by molar-refractivity contribution is 6.39. The molecule has 0 fully saturated rings. The fourth-order valence-electron chi connectivity index (χ4n) is 3.24. The third-order valence-corrected chi connectivity index (χ3v) is 4.91. The first-order chi connectivity index (χ1) is 14.7. The van der Waals surface area contributed by atoms with Crippen LogP contribution in [0.5, 0.6) is 0 Å². The second-order valence-electron chi connectivity index (χ2n) is 7.57. The number of hydrogen-bond acceptors (Lipinski definition) is 3. The first kappa shape index (κ1) is 20.6. The monoisotopic (exact) mass is 427 g/mol. The van der Waals surface area contributed by atoms with Gasteiger partial charge in [0.05, 0.1) is 17.0 Å². The van der Waals surface area contributed by atoms with E-state index in [1.165, 1.54) is 12.1 Å². The Morgan fingerprint density at radius 1 is 1.10 bits per heavy atom. The summed E-state index contributed by atoms with van der Waals surface area (Å²) in [5, 5.41) is 6.04. The average Bonchev–Trinajstić information content (AvgIpc) is 3.35. The van der Waals surface area contributed by atoms with Crippen molar-refractivity contribution in [1.82, 2.24) is 4.98 Å². The summed E-state index contributed by atoms with van der Waals surface area (Å²) in [6.07, 6.45) is -1.11. The van der Waals surface area contributed by atoms with Gasteiger partial charge >= 0.3 is 12.2 Å². The second kappa shape index (κ2) is 7.90. The predicted octanol–water partition coefficient (Wildman–Crippen LogP) is 5.69. The van der Waals surface area contributed by atoms with Gasteiger partial charge in [0, 0.05) is 34.6 Å². The lowest BCUT2D eigenvalue weighted by Gasteiger charge is -2.10. The average molecular weight is 427 g/mol. The van der Waals surface area contributed by atoms with Gasteiger partial charge in [0.2, 0.25) is 0 Å². The summed E-state index contributed by atoms with van der Waals surface area (Å²) in [6, 6.07) is 9.42. The zero-order chi connectivity index (χ0) is 22.2. The molecule has 31 heavy (non-hydrogen) atoms. The van der Waals surface area contributed by atoms with E-state index >= 15 is 0 Å². The molecule has 9 heteroatoms. The molecule has 2 aromatic carbocycles. The first-order valence-corrected chi connectivity index (χ1v) is 9.68. The minimum Gasteiger partial charge on any atom is -0.359 e. The zero-order valence-corrected chi connectivity index (χ0v) is 16.8. The standard InChI is InChI=1S/C22H20F3N5O/c1-12(2)20-27-10-18(29-20)13-3-8-17-16(9-13)19(11-26-17)30-21(31)28-15-6-4-14(5-7-15)22(23,24)25/h3-12,20,26H,1-2H3,(H2,28,30,31). The molecule has 0 bridgehead atoms. The molecule has 0 saturated carbocycles. The number of nitrogens with one attached hydrogen (secondary N) is 3. The number of anilines is 2. The summed E-state index contributed by atoms with van der Waals surface area (Å²) in [6.45, 7) is 4.11. The fourth-order valence-corrected chi connectivity index (χ4v) is 3.24. The lowest BCUT2D eigenvalue weighted by molar-refractivity contribution is -0.137. The third-order valence-electron chi connectivity index (χ3n) is 4.91. The van der Waals surface area contributed by atoms with E-state index in [-0.39, 0.29) is 11.9 Å². The van der Waals surface area contributed by atoms with Crippen molar-refractivity contribution in [3.05, 3.63) is 59.8 Å². The van der Waals surface area contributed by atoms with Gasteiger partial charge in [-0.3, -0.25) is 9.98 Å². The smallest absolute Gasteiger partial charge is 0.359 e. The van der Waals surface area contributed by atoms with Crippen LogP contribution in [0.2, 0.25) is 0 Å². The van der Waals surface area contributed by atoms with Gasteiger partial charge in [-0.15, -0.1) is 0 Å². The molecule has 0 spiro atoms. The normalized spacial score (nSPS) is 16.1. The number of carbonyl (C=O) groups excluding carboxylic acids is 1. The molecular formula is C22H20F3N5O. The fraction of sp³-hybridized carbons (Fsp3) is 0.227. The quantitative estimate of drug-likeness (QED) is 0.491. The van der Waals surface area contributed by atoms with E-state index < -0.39 is 17.8 Å². The molecule has 3 aromatic rings. The highest BCUT2D eigenvalue weighted by atomic mass is 19.4. The summed E-state index contributed by atoms with van der Waals surface area (Å²) < 4.78 is 38.0. The van der Waals surface area contributed by atoms with Gasteiger partial charge in [-0.1, -0.05) is 19.9 Å². The van der Waals surface area contributed by atoms with Crippen LogP contribution in [0.1, 0.15) is 25.0 Å². The van der Waals surface area contributed by atoms with Crippen LogP contribution in [0.25, 0.3) is 10.9 Å². The summed E-state index contributed by atoms with van der Waals surface area (Å²) in [7, 11) is 0. The Morgan fingerprint density at radius 2 is 1.84 bits per heavy atom. The predicted molar refractivity (Wildman–Crippen MR) is 116 cm³/mol. The second-order valence-corrected chi connectivity index (χ2v) is 7.57. The van der Waals surface area contributed by atoms with Gasteiger partial charge in [-0.05, 0) is 42.3 Å². The number of rotatable bonds is 4. The van der Waals surface area contributed by atoms with Crippen molar-refractivity contribution in [2.45, 2.75) is 26.2 Å². The topological polar surface area (TPSA) is 81.6 Å². The molecule has 1 aliphatic heterocycles. The van der Waals surface area contributed by atoms with Crippen molar-refractivity contribution >= 4 is 40.2 Å². The third kappa shape index (κ3) is 4.45. The maximum Gasteiger partial charge on any atom is 0.416 e. The number of amides is 2. The van der Waals surface area contributed by atoms with E-state index in [4.69, 9.17) is 0 Å². The number of H-pyrrole nitrogens is 1. The van der Waals surface area contributed by atoms with Crippen LogP contribution < -0.4 is 10.6 Å². The number of alkyl halides is 3. The van der Waals surface area contributed by atoms with E-state index in [0.717, 1.165) is 34.3 Å². The number of benzene rings is 2. The van der Waals surface area contributed by atoms with Gasteiger partial charge < -0.3 is 15.6 Å². The SMILES string of the molecule is CC(C)C1N=CC(c2ccc3[nH]cc(NC(=O)Nc4ccc(C(F)(F)F)cc4)c3c2)=N1. The summed E-state index contributed by atoms with van der Waals surface area (Å²) in [5.41, 5.74) is 2.50. The highest BCUT2D eigenvalue weighted by Gasteiger charge is 2.30. The molecule has 1 atom stereocenters. The molecule has 1 aliphatic rings. The Kier molecular flexibility index (Phi) is 5.26. The summed E-state index contributed by atoms with van der Waals surface area (Å²) >= 11 is 0. The number of halogens is 3. The van der Waals surface area contributed by atoms with Gasteiger partial charge in [-0.2, -0.15) is 13.2 Å². The molecule has 0 aliphatic carbocycles. The number of aliphatic imine (C=N–C) groups is 2. The molecule has 2 amide bonds. The zero-order valence-electron chi connectivity index (χ0n) is 16.8. The maximum absolute atomic E-state index is 12.7. The molecule has 2 heterocycles. The van der Waals surface area contributed by atoms with Crippen molar-refractivity contribution in [3.63, 3.8) is 0 Å². The van der Waals surface area contributed by atoms with E-state index in [9.17, 15) is 18.0 Å². The molecular weight excluding hydrogens is 407 g/mol. The van der Waals surface area contributed by atoms with Crippen molar-refractivity contribution in [2.24, 2.45) is 15.9 Å². The Bertz CT molecular complexity index is 1180. The highest BCUT2D eigenvalue weighted by Crippen LogP contribution is 2.30. The molecule has 1 aromatic heterocycles. The minimum absolute atomic E-state index is 0.0935. The van der Waals surface area contributed by atoms with E-state index in [2.05, 4.69) is 39.4 Å². The number of carbonyl (C=O) groups is 1. The van der Waals surface area contributed by atoms with Crippen molar-refractivity contribution < 1.29 is 18.0 Å². The number of hydrogen-bond donors (Lipinski definition) is 3. The number of urea groups is 1. The van der Waals surface area contributed by atoms with Gasteiger partial charge in [-0.25, -0.2) is 4.79 Å². The molecule has 6 nitrogen and oxygen atoms in total. The van der Waals surface area contributed by atoms with Crippen LogP contribution in [-0.2, 0) is 6.18 Å². The Hall–Kier alpha value is -3.62. The van der Waals surface area contributed by atoms with Crippen LogP contribution >= 0.6 is 0 Å². The maximum atomic E-state index is 12.7. The Labute approximate surface area is 176 Å². The molecule has 0 radical (unpaired) electrons. The van der Waals surface area contributed by atoms with E-state index in [1.54, 1.807) is 12.4 Å². The number of aromatic amines is 1. The Morgan fingerprint density at radius 3 is 2.48 bits per heavy atom.